The Hall–Kier alpha value is -2.04. The molecule has 0 fully saturated rings. The van der Waals surface area contributed by atoms with Gasteiger partial charge in [-0.1, -0.05) is 20.3 Å². The quantitative estimate of drug-likeness (QED) is 0.594. The first-order valence-corrected chi connectivity index (χ1v) is 6.88. The van der Waals surface area contributed by atoms with Crippen molar-refractivity contribution in [2.75, 3.05) is 11.9 Å². The number of rotatable bonds is 7. The van der Waals surface area contributed by atoms with Gasteiger partial charge in [-0.05, 0) is 31.0 Å². The molecule has 110 valence electrons. The second-order valence-electron chi connectivity index (χ2n) is 4.52. The van der Waals surface area contributed by atoms with Crippen molar-refractivity contribution in [1.29, 1.82) is 0 Å². The number of ether oxygens (including phenoxy) is 1. The fraction of sp³-hybridized carbons (Fsp3) is 0.467. The number of anilines is 1. The zero-order valence-electron chi connectivity index (χ0n) is 11.9. The SMILES string of the molecule is CCCCC(=O)Nc1ccc(O)c(C(=O)OCCC)c1. The number of amides is 1. The molecule has 0 unspecified atom stereocenters. The summed E-state index contributed by atoms with van der Waals surface area (Å²) in [5.74, 6) is -0.850. The molecule has 0 spiro atoms. The van der Waals surface area contributed by atoms with E-state index >= 15 is 0 Å². The number of phenolic OH excluding ortho intramolecular Hbond substituents is 1. The van der Waals surface area contributed by atoms with Crippen LogP contribution >= 0.6 is 0 Å². The van der Waals surface area contributed by atoms with Gasteiger partial charge < -0.3 is 15.2 Å². The molecule has 1 amide bonds. The summed E-state index contributed by atoms with van der Waals surface area (Å²) in [4.78, 5) is 23.4. The highest BCUT2D eigenvalue weighted by atomic mass is 16.5. The average molecular weight is 279 g/mol. The third-order valence-electron chi connectivity index (χ3n) is 2.69. The van der Waals surface area contributed by atoms with Crippen LogP contribution in [0.2, 0.25) is 0 Å². The minimum absolute atomic E-state index is 0.0618. The Balaban J connectivity index is 2.75. The largest absolute Gasteiger partial charge is 0.507 e. The van der Waals surface area contributed by atoms with Crippen LogP contribution in [-0.2, 0) is 9.53 Å². The van der Waals surface area contributed by atoms with Gasteiger partial charge in [0.1, 0.15) is 11.3 Å². The molecule has 1 rings (SSSR count). The first kappa shape index (κ1) is 16.0. The van der Waals surface area contributed by atoms with Crippen LogP contribution in [0.25, 0.3) is 0 Å². The lowest BCUT2D eigenvalue weighted by Gasteiger charge is -2.09. The highest BCUT2D eigenvalue weighted by Crippen LogP contribution is 2.22. The number of aromatic hydroxyl groups is 1. The summed E-state index contributed by atoms with van der Waals surface area (Å²) in [6.45, 7) is 4.19. The molecule has 0 atom stereocenters. The highest BCUT2D eigenvalue weighted by molar-refractivity contribution is 5.96. The standard InChI is InChI=1S/C15H21NO4/c1-3-5-6-14(18)16-11-7-8-13(17)12(10-11)15(19)20-9-4-2/h7-8,10,17H,3-6,9H2,1-2H3,(H,16,18). The number of nitrogens with one attached hydrogen (secondary N) is 1. The van der Waals surface area contributed by atoms with Crippen molar-refractivity contribution in [2.24, 2.45) is 0 Å². The molecular weight excluding hydrogens is 258 g/mol. The number of esters is 1. The first-order chi connectivity index (χ1) is 9.58. The Morgan fingerprint density at radius 3 is 2.65 bits per heavy atom. The van der Waals surface area contributed by atoms with Gasteiger partial charge in [0, 0.05) is 12.1 Å². The average Bonchev–Trinajstić information content (AvgIpc) is 2.44. The van der Waals surface area contributed by atoms with Crippen LogP contribution in [0, 0.1) is 0 Å². The maximum atomic E-state index is 11.7. The van der Waals surface area contributed by atoms with Gasteiger partial charge in [-0.25, -0.2) is 4.79 Å². The van der Waals surface area contributed by atoms with Crippen LogP contribution in [0.15, 0.2) is 18.2 Å². The van der Waals surface area contributed by atoms with Crippen LogP contribution in [0.1, 0.15) is 49.9 Å². The Morgan fingerprint density at radius 2 is 2.00 bits per heavy atom. The minimum Gasteiger partial charge on any atom is -0.507 e. The zero-order chi connectivity index (χ0) is 15.0. The van der Waals surface area contributed by atoms with Crippen LogP contribution in [0.5, 0.6) is 5.75 Å². The maximum Gasteiger partial charge on any atom is 0.341 e. The lowest BCUT2D eigenvalue weighted by Crippen LogP contribution is -2.12. The molecule has 0 saturated carbocycles. The van der Waals surface area contributed by atoms with Gasteiger partial charge >= 0.3 is 5.97 Å². The van der Waals surface area contributed by atoms with Crippen molar-refractivity contribution in [1.82, 2.24) is 0 Å². The number of benzene rings is 1. The molecule has 5 nitrogen and oxygen atoms in total. The topological polar surface area (TPSA) is 75.6 Å². The van der Waals surface area contributed by atoms with Gasteiger partial charge in [-0.15, -0.1) is 0 Å². The van der Waals surface area contributed by atoms with E-state index < -0.39 is 5.97 Å². The van der Waals surface area contributed by atoms with E-state index in [1.54, 1.807) is 6.07 Å². The van der Waals surface area contributed by atoms with E-state index in [-0.39, 0.29) is 17.2 Å². The van der Waals surface area contributed by atoms with Crippen molar-refractivity contribution in [2.45, 2.75) is 39.5 Å². The first-order valence-electron chi connectivity index (χ1n) is 6.88. The fourth-order valence-corrected chi connectivity index (χ4v) is 1.61. The number of phenols is 1. The maximum absolute atomic E-state index is 11.7. The second-order valence-corrected chi connectivity index (χ2v) is 4.52. The molecule has 2 N–H and O–H groups in total. The monoisotopic (exact) mass is 279 g/mol. The molecule has 0 aliphatic heterocycles. The Kier molecular flexibility index (Phi) is 6.56. The summed E-state index contributed by atoms with van der Waals surface area (Å²) in [5, 5.41) is 12.4. The van der Waals surface area contributed by atoms with E-state index in [2.05, 4.69) is 5.32 Å². The van der Waals surface area contributed by atoms with E-state index in [4.69, 9.17) is 4.74 Å². The van der Waals surface area contributed by atoms with E-state index in [0.29, 0.717) is 25.1 Å². The molecule has 1 aromatic carbocycles. The van der Waals surface area contributed by atoms with Crippen LogP contribution < -0.4 is 5.32 Å². The predicted molar refractivity (Wildman–Crippen MR) is 76.8 cm³/mol. The lowest BCUT2D eigenvalue weighted by atomic mass is 10.1. The van der Waals surface area contributed by atoms with Gasteiger partial charge in [0.05, 0.1) is 6.61 Å². The molecule has 0 heterocycles. The van der Waals surface area contributed by atoms with E-state index in [0.717, 1.165) is 12.8 Å². The van der Waals surface area contributed by atoms with Gasteiger partial charge in [0.2, 0.25) is 5.91 Å². The Morgan fingerprint density at radius 1 is 1.25 bits per heavy atom. The Bertz CT molecular complexity index is 471. The number of hydrogen-bond donors (Lipinski definition) is 2. The molecule has 5 heteroatoms. The van der Waals surface area contributed by atoms with E-state index in [9.17, 15) is 14.7 Å². The smallest absolute Gasteiger partial charge is 0.341 e. The summed E-state index contributed by atoms with van der Waals surface area (Å²) in [6.07, 6.45) is 2.90. The fourth-order valence-electron chi connectivity index (χ4n) is 1.61. The van der Waals surface area contributed by atoms with E-state index in [1.165, 1.54) is 12.1 Å². The number of carbonyl (C=O) groups is 2. The molecule has 0 bridgehead atoms. The molecule has 0 radical (unpaired) electrons. The van der Waals surface area contributed by atoms with Crippen molar-refractivity contribution >= 4 is 17.6 Å². The van der Waals surface area contributed by atoms with Crippen molar-refractivity contribution in [3.05, 3.63) is 23.8 Å². The number of carbonyl (C=O) groups excluding carboxylic acids is 2. The van der Waals surface area contributed by atoms with Crippen LogP contribution in [0.3, 0.4) is 0 Å². The molecule has 0 aliphatic rings. The summed E-state index contributed by atoms with van der Waals surface area (Å²) in [6, 6.07) is 4.35. The highest BCUT2D eigenvalue weighted by Gasteiger charge is 2.14. The van der Waals surface area contributed by atoms with Gasteiger partial charge in [-0.3, -0.25) is 4.79 Å². The van der Waals surface area contributed by atoms with Crippen molar-refractivity contribution in [3.8, 4) is 5.75 Å². The molecule has 0 aromatic heterocycles. The van der Waals surface area contributed by atoms with Crippen molar-refractivity contribution < 1.29 is 19.4 Å². The molecule has 1 aromatic rings. The van der Waals surface area contributed by atoms with Crippen LogP contribution in [0.4, 0.5) is 5.69 Å². The van der Waals surface area contributed by atoms with E-state index in [1.807, 2.05) is 13.8 Å². The normalized spacial score (nSPS) is 10.1. The summed E-state index contributed by atoms with van der Waals surface area (Å²) < 4.78 is 4.97. The third kappa shape index (κ3) is 4.91. The molecule has 0 aliphatic carbocycles. The lowest BCUT2D eigenvalue weighted by molar-refractivity contribution is -0.116. The summed E-state index contributed by atoms with van der Waals surface area (Å²) in [5.41, 5.74) is 0.541. The summed E-state index contributed by atoms with van der Waals surface area (Å²) in [7, 11) is 0. The third-order valence-corrected chi connectivity index (χ3v) is 2.69. The van der Waals surface area contributed by atoms with Gasteiger partial charge in [0.15, 0.2) is 0 Å². The van der Waals surface area contributed by atoms with Gasteiger partial charge in [-0.2, -0.15) is 0 Å². The van der Waals surface area contributed by atoms with Crippen molar-refractivity contribution in [3.63, 3.8) is 0 Å². The molecule has 0 saturated heterocycles. The number of unbranched alkanes of at least 4 members (excludes halogenated alkanes) is 1. The zero-order valence-corrected chi connectivity index (χ0v) is 11.9. The Labute approximate surface area is 118 Å². The minimum atomic E-state index is -0.589. The molecule has 20 heavy (non-hydrogen) atoms. The van der Waals surface area contributed by atoms with Gasteiger partial charge in [0.25, 0.3) is 0 Å². The summed E-state index contributed by atoms with van der Waals surface area (Å²) >= 11 is 0. The predicted octanol–water partition coefficient (Wildman–Crippen LogP) is 3.09. The number of hydrogen-bond acceptors (Lipinski definition) is 4. The molecular formula is C15H21NO4. The second kappa shape index (κ2) is 8.19. The van der Waals surface area contributed by atoms with Crippen LogP contribution in [-0.4, -0.2) is 23.6 Å².